The van der Waals surface area contributed by atoms with Crippen molar-refractivity contribution in [2.24, 2.45) is 11.8 Å². The highest BCUT2D eigenvalue weighted by Crippen LogP contribution is 2.12. The second-order valence-electron chi connectivity index (χ2n) is 2.89. The standard InChI is InChI=1S/C8H17N/c1-4-7(2)5-8(3)6-9/h6-9H,4-5H2,1-3H3/t7-,8?/m0/s1. The van der Waals surface area contributed by atoms with Gasteiger partial charge in [0.05, 0.1) is 0 Å². The molecule has 0 heterocycles. The topological polar surface area (TPSA) is 23.9 Å². The van der Waals surface area contributed by atoms with Crippen molar-refractivity contribution in [1.82, 2.24) is 0 Å². The van der Waals surface area contributed by atoms with Crippen molar-refractivity contribution in [2.75, 3.05) is 0 Å². The quantitative estimate of drug-likeness (QED) is 0.561. The SMILES string of the molecule is CC[C@H](C)CC(C)C=N. The molecule has 9 heavy (non-hydrogen) atoms. The van der Waals surface area contributed by atoms with Gasteiger partial charge in [-0.25, -0.2) is 0 Å². The molecule has 1 unspecified atom stereocenters. The highest BCUT2D eigenvalue weighted by Gasteiger charge is 2.02. The molecule has 0 aromatic heterocycles. The minimum absolute atomic E-state index is 0.472. The van der Waals surface area contributed by atoms with E-state index in [1.807, 2.05) is 0 Å². The van der Waals surface area contributed by atoms with Gasteiger partial charge in [-0.2, -0.15) is 0 Å². The zero-order valence-electron chi connectivity index (χ0n) is 6.65. The first-order chi connectivity index (χ1) is 4.20. The van der Waals surface area contributed by atoms with Crippen molar-refractivity contribution >= 4 is 6.21 Å². The van der Waals surface area contributed by atoms with Gasteiger partial charge < -0.3 is 5.41 Å². The van der Waals surface area contributed by atoms with Crippen LogP contribution in [0.3, 0.4) is 0 Å². The fourth-order valence-electron chi connectivity index (χ4n) is 0.869. The van der Waals surface area contributed by atoms with Crippen LogP contribution in [0.5, 0.6) is 0 Å². The van der Waals surface area contributed by atoms with E-state index in [1.165, 1.54) is 19.1 Å². The monoisotopic (exact) mass is 127 g/mol. The summed E-state index contributed by atoms with van der Waals surface area (Å²) in [5, 5.41) is 6.95. The third-order valence-corrected chi connectivity index (χ3v) is 1.76. The Kier molecular flexibility index (Phi) is 4.37. The van der Waals surface area contributed by atoms with Crippen molar-refractivity contribution in [3.05, 3.63) is 0 Å². The van der Waals surface area contributed by atoms with Crippen LogP contribution in [0, 0.1) is 17.2 Å². The molecule has 1 heteroatoms. The first-order valence-electron chi connectivity index (χ1n) is 3.71. The fraction of sp³-hybridized carbons (Fsp3) is 0.875. The molecule has 0 aliphatic carbocycles. The van der Waals surface area contributed by atoms with Crippen LogP contribution in [0.1, 0.15) is 33.6 Å². The number of hydrogen-bond acceptors (Lipinski definition) is 1. The van der Waals surface area contributed by atoms with Gasteiger partial charge in [-0.3, -0.25) is 0 Å². The van der Waals surface area contributed by atoms with Crippen LogP contribution >= 0.6 is 0 Å². The molecule has 0 saturated heterocycles. The van der Waals surface area contributed by atoms with E-state index in [2.05, 4.69) is 20.8 Å². The molecule has 0 aliphatic rings. The second-order valence-corrected chi connectivity index (χ2v) is 2.89. The van der Waals surface area contributed by atoms with Crippen molar-refractivity contribution in [2.45, 2.75) is 33.6 Å². The van der Waals surface area contributed by atoms with E-state index < -0.39 is 0 Å². The molecule has 0 aromatic rings. The van der Waals surface area contributed by atoms with E-state index in [4.69, 9.17) is 5.41 Å². The lowest BCUT2D eigenvalue weighted by atomic mass is 9.96. The van der Waals surface area contributed by atoms with Gasteiger partial charge in [0.2, 0.25) is 0 Å². The minimum Gasteiger partial charge on any atom is -0.313 e. The maximum Gasteiger partial charge on any atom is -0.00194 e. The van der Waals surface area contributed by atoms with Gasteiger partial charge in [0, 0.05) is 0 Å². The smallest absolute Gasteiger partial charge is 0.00194 e. The van der Waals surface area contributed by atoms with Gasteiger partial charge in [0.15, 0.2) is 0 Å². The molecule has 0 rings (SSSR count). The second kappa shape index (κ2) is 4.54. The van der Waals surface area contributed by atoms with Crippen LogP contribution in [0.4, 0.5) is 0 Å². The molecule has 1 N–H and O–H groups in total. The predicted octanol–water partition coefficient (Wildman–Crippen LogP) is 2.71. The average Bonchev–Trinajstić information content (AvgIpc) is 1.87. The molecule has 0 aliphatic heterocycles. The largest absolute Gasteiger partial charge is 0.313 e. The Hall–Kier alpha value is -0.330. The summed E-state index contributed by atoms with van der Waals surface area (Å²) in [6.45, 7) is 6.53. The Bertz CT molecular complexity index is 78.6. The Balaban J connectivity index is 3.33. The summed E-state index contributed by atoms with van der Waals surface area (Å²) in [5.74, 6) is 1.25. The summed E-state index contributed by atoms with van der Waals surface area (Å²) in [7, 11) is 0. The molecule has 1 nitrogen and oxygen atoms in total. The summed E-state index contributed by atoms with van der Waals surface area (Å²) in [6, 6.07) is 0. The molecule has 0 amide bonds. The predicted molar refractivity (Wildman–Crippen MR) is 42.0 cm³/mol. The molecule has 0 bridgehead atoms. The van der Waals surface area contributed by atoms with E-state index in [-0.39, 0.29) is 0 Å². The van der Waals surface area contributed by atoms with Gasteiger partial charge in [-0.05, 0) is 24.5 Å². The first-order valence-corrected chi connectivity index (χ1v) is 3.71. The van der Waals surface area contributed by atoms with Gasteiger partial charge in [-0.1, -0.05) is 27.2 Å². The summed E-state index contributed by atoms with van der Waals surface area (Å²) < 4.78 is 0. The molecule has 2 atom stereocenters. The zero-order chi connectivity index (χ0) is 7.28. The van der Waals surface area contributed by atoms with Gasteiger partial charge >= 0.3 is 0 Å². The normalized spacial score (nSPS) is 16.8. The Labute approximate surface area is 58.0 Å². The van der Waals surface area contributed by atoms with E-state index in [9.17, 15) is 0 Å². The maximum absolute atomic E-state index is 6.95. The highest BCUT2D eigenvalue weighted by atomic mass is 14.3. The molecule has 0 fully saturated rings. The molecule has 54 valence electrons. The van der Waals surface area contributed by atoms with E-state index in [0.717, 1.165) is 5.92 Å². The van der Waals surface area contributed by atoms with Crippen LogP contribution in [0.15, 0.2) is 0 Å². The van der Waals surface area contributed by atoms with Gasteiger partial charge in [0.1, 0.15) is 0 Å². The van der Waals surface area contributed by atoms with Crippen molar-refractivity contribution in [3.63, 3.8) is 0 Å². The number of nitrogens with one attached hydrogen (secondary N) is 1. The Morgan fingerprint density at radius 2 is 2.00 bits per heavy atom. The third-order valence-electron chi connectivity index (χ3n) is 1.76. The van der Waals surface area contributed by atoms with Crippen LogP contribution in [-0.4, -0.2) is 6.21 Å². The summed E-state index contributed by atoms with van der Waals surface area (Å²) in [5.41, 5.74) is 0. The van der Waals surface area contributed by atoms with Crippen LogP contribution in [-0.2, 0) is 0 Å². The van der Waals surface area contributed by atoms with Crippen LogP contribution in [0.25, 0.3) is 0 Å². The van der Waals surface area contributed by atoms with Crippen molar-refractivity contribution in [1.29, 1.82) is 5.41 Å². The van der Waals surface area contributed by atoms with E-state index >= 15 is 0 Å². The molecule has 0 spiro atoms. The molecule has 0 saturated carbocycles. The molecule has 0 aromatic carbocycles. The summed E-state index contributed by atoms with van der Waals surface area (Å²) in [4.78, 5) is 0. The van der Waals surface area contributed by atoms with Crippen LogP contribution in [0.2, 0.25) is 0 Å². The number of rotatable bonds is 4. The summed E-state index contributed by atoms with van der Waals surface area (Å²) in [6.07, 6.45) is 3.93. The highest BCUT2D eigenvalue weighted by molar-refractivity contribution is 5.55. The zero-order valence-corrected chi connectivity index (χ0v) is 6.65. The molecule has 0 radical (unpaired) electrons. The lowest BCUT2D eigenvalue weighted by Gasteiger charge is -2.09. The first kappa shape index (κ1) is 8.67. The molecular weight excluding hydrogens is 110 g/mol. The maximum atomic E-state index is 6.95. The van der Waals surface area contributed by atoms with E-state index in [0.29, 0.717) is 5.92 Å². The molecular formula is C8H17N. The van der Waals surface area contributed by atoms with Crippen molar-refractivity contribution in [3.8, 4) is 0 Å². The Morgan fingerprint density at radius 1 is 1.44 bits per heavy atom. The fourth-order valence-corrected chi connectivity index (χ4v) is 0.869. The number of hydrogen-bond donors (Lipinski definition) is 1. The van der Waals surface area contributed by atoms with Crippen molar-refractivity contribution < 1.29 is 0 Å². The lowest BCUT2D eigenvalue weighted by molar-refractivity contribution is 0.472. The summed E-state index contributed by atoms with van der Waals surface area (Å²) >= 11 is 0. The minimum atomic E-state index is 0.472. The third kappa shape index (κ3) is 4.19. The van der Waals surface area contributed by atoms with Gasteiger partial charge in [-0.15, -0.1) is 0 Å². The van der Waals surface area contributed by atoms with Crippen LogP contribution < -0.4 is 0 Å². The van der Waals surface area contributed by atoms with Gasteiger partial charge in [0.25, 0.3) is 0 Å². The van der Waals surface area contributed by atoms with E-state index in [1.54, 1.807) is 0 Å². The average molecular weight is 127 g/mol. The Morgan fingerprint density at radius 3 is 2.33 bits per heavy atom. The lowest BCUT2D eigenvalue weighted by Crippen LogP contribution is -2.02.